The van der Waals surface area contributed by atoms with Gasteiger partial charge in [0.1, 0.15) is 0 Å². The van der Waals surface area contributed by atoms with Crippen LogP contribution in [0.15, 0.2) is 0 Å². The van der Waals surface area contributed by atoms with Gasteiger partial charge in [0.15, 0.2) is 0 Å². The molecule has 0 aromatic heterocycles. The number of nitrogens with two attached hydrogens (primary N) is 1. The lowest BCUT2D eigenvalue weighted by molar-refractivity contribution is -0.134. The minimum Gasteiger partial charge on any atom is -0.353 e. The van der Waals surface area contributed by atoms with Crippen LogP contribution in [0.1, 0.15) is 39.5 Å². The zero-order valence-corrected chi connectivity index (χ0v) is 13.1. The van der Waals surface area contributed by atoms with Crippen molar-refractivity contribution in [2.45, 2.75) is 51.6 Å². The standard InChI is InChI=1S/C14H25N3O2.ClH/c1-9(2)12(15)14(19)17-7-5-11(6-8-17)16-13(18)10-3-4-10;/h9-12H,3-8,15H2,1-2H3,(H,16,18);1H. The lowest BCUT2D eigenvalue weighted by Crippen LogP contribution is -2.52. The minimum absolute atomic E-state index is 0. The molecule has 1 aliphatic heterocycles. The van der Waals surface area contributed by atoms with Crippen molar-refractivity contribution in [3.05, 3.63) is 0 Å². The summed E-state index contributed by atoms with van der Waals surface area (Å²) in [5.41, 5.74) is 5.89. The van der Waals surface area contributed by atoms with Crippen LogP contribution in [0.4, 0.5) is 0 Å². The van der Waals surface area contributed by atoms with E-state index in [1.54, 1.807) is 0 Å². The van der Waals surface area contributed by atoms with E-state index in [-0.39, 0.29) is 42.1 Å². The summed E-state index contributed by atoms with van der Waals surface area (Å²) in [6, 6.07) is -0.176. The molecule has 1 heterocycles. The molecule has 1 atom stereocenters. The lowest BCUT2D eigenvalue weighted by atomic mass is 10.0. The van der Waals surface area contributed by atoms with Crippen LogP contribution in [0, 0.1) is 11.8 Å². The van der Waals surface area contributed by atoms with Crippen molar-refractivity contribution in [1.29, 1.82) is 0 Å². The fraction of sp³-hybridized carbons (Fsp3) is 0.857. The number of halogens is 1. The first-order valence-corrected chi connectivity index (χ1v) is 7.33. The van der Waals surface area contributed by atoms with Crippen LogP contribution in [0.5, 0.6) is 0 Å². The Hall–Kier alpha value is -0.810. The van der Waals surface area contributed by atoms with Gasteiger partial charge in [0, 0.05) is 25.0 Å². The zero-order valence-electron chi connectivity index (χ0n) is 12.3. The summed E-state index contributed by atoms with van der Waals surface area (Å²) in [5, 5.41) is 3.08. The Morgan fingerprint density at radius 1 is 1.15 bits per heavy atom. The highest BCUT2D eigenvalue weighted by Crippen LogP contribution is 2.29. The minimum atomic E-state index is -0.405. The van der Waals surface area contributed by atoms with Crippen molar-refractivity contribution in [3.8, 4) is 0 Å². The Morgan fingerprint density at radius 2 is 1.70 bits per heavy atom. The number of carbonyl (C=O) groups is 2. The van der Waals surface area contributed by atoms with Gasteiger partial charge in [0.2, 0.25) is 11.8 Å². The number of nitrogens with zero attached hydrogens (tertiary/aromatic N) is 1. The number of carbonyl (C=O) groups excluding carboxylic acids is 2. The average Bonchev–Trinajstić information content (AvgIpc) is 3.22. The summed E-state index contributed by atoms with van der Waals surface area (Å²) in [7, 11) is 0. The first-order chi connectivity index (χ1) is 8.99. The SMILES string of the molecule is CC(C)C(N)C(=O)N1CCC(NC(=O)C2CC2)CC1.Cl. The van der Waals surface area contributed by atoms with Gasteiger partial charge in [0.25, 0.3) is 0 Å². The van der Waals surface area contributed by atoms with Crippen LogP contribution < -0.4 is 11.1 Å². The quantitative estimate of drug-likeness (QED) is 0.810. The number of hydrogen-bond donors (Lipinski definition) is 2. The van der Waals surface area contributed by atoms with Crippen LogP contribution >= 0.6 is 12.4 Å². The summed E-state index contributed by atoms with van der Waals surface area (Å²) in [6.07, 6.45) is 3.75. The second-order valence-corrected chi connectivity index (χ2v) is 6.15. The summed E-state index contributed by atoms with van der Waals surface area (Å²) >= 11 is 0. The molecule has 0 aromatic rings. The van der Waals surface area contributed by atoms with Crippen molar-refractivity contribution in [2.24, 2.45) is 17.6 Å². The maximum atomic E-state index is 12.1. The predicted octanol–water partition coefficient (Wildman–Crippen LogP) is 0.909. The Balaban J connectivity index is 0.00000200. The zero-order chi connectivity index (χ0) is 14.0. The third-order valence-electron chi connectivity index (χ3n) is 4.10. The predicted molar refractivity (Wildman–Crippen MR) is 80.5 cm³/mol. The number of nitrogens with one attached hydrogen (secondary N) is 1. The van der Waals surface area contributed by atoms with Crippen LogP contribution in [-0.4, -0.2) is 41.9 Å². The topological polar surface area (TPSA) is 75.4 Å². The summed E-state index contributed by atoms with van der Waals surface area (Å²) in [5.74, 6) is 0.666. The Morgan fingerprint density at radius 3 is 2.15 bits per heavy atom. The molecule has 2 aliphatic rings. The molecule has 0 spiro atoms. The second-order valence-electron chi connectivity index (χ2n) is 6.15. The third kappa shape index (κ3) is 4.35. The van der Waals surface area contributed by atoms with Gasteiger partial charge in [-0.3, -0.25) is 9.59 Å². The van der Waals surface area contributed by atoms with Gasteiger partial charge in [-0.15, -0.1) is 12.4 Å². The van der Waals surface area contributed by atoms with Crippen LogP contribution in [0.2, 0.25) is 0 Å². The van der Waals surface area contributed by atoms with Gasteiger partial charge < -0.3 is 16.0 Å². The van der Waals surface area contributed by atoms with Crippen molar-refractivity contribution in [1.82, 2.24) is 10.2 Å². The number of hydrogen-bond acceptors (Lipinski definition) is 3. The van der Waals surface area contributed by atoms with Crippen molar-refractivity contribution in [2.75, 3.05) is 13.1 Å². The first kappa shape index (κ1) is 17.2. The highest BCUT2D eigenvalue weighted by molar-refractivity contribution is 5.85. The molecule has 5 nitrogen and oxygen atoms in total. The highest BCUT2D eigenvalue weighted by atomic mass is 35.5. The Bertz CT molecular complexity index is 350. The fourth-order valence-electron chi connectivity index (χ4n) is 2.40. The maximum absolute atomic E-state index is 12.1. The number of likely N-dealkylation sites (tertiary alicyclic amines) is 1. The molecule has 3 N–H and O–H groups in total. The van der Waals surface area contributed by atoms with E-state index in [2.05, 4.69) is 5.32 Å². The van der Waals surface area contributed by atoms with Gasteiger partial charge in [-0.1, -0.05) is 13.8 Å². The van der Waals surface area contributed by atoms with E-state index in [1.807, 2.05) is 18.7 Å². The normalized spacial score (nSPS) is 21.3. The number of piperidine rings is 1. The van der Waals surface area contributed by atoms with E-state index in [0.29, 0.717) is 13.1 Å². The maximum Gasteiger partial charge on any atom is 0.239 e. The van der Waals surface area contributed by atoms with E-state index in [9.17, 15) is 9.59 Å². The van der Waals surface area contributed by atoms with Gasteiger partial charge in [-0.05, 0) is 31.6 Å². The molecule has 20 heavy (non-hydrogen) atoms. The smallest absolute Gasteiger partial charge is 0.239 e. The molecule has 1 unspecified atom stereocenters. The van der Waals surface area contributed by atoms with E-state index < -0.39 is 6.04 Å². The Kier molecular flexibility index (Phi) is 6.27. The Labute approximate surface area is 127 Å². The molecule has 1 saturated heterocycles. The van der Waals surface area contributed by atoms with E-state index >= 15 is 0 Å². The van der Waals surface area contributed by atoms with Crippen molar-refractivity contribution < 1.29 is 9.59 Å². The third-order valence-corrected chi connectivity index (χ3v) is 4.10. The molecule has 1 saturated carbocycles. The van der Waals surface area contributed by atoms with Crippen molar-refractivity contribution in [3.63, 3.8) is 0 Å². The fourth-order valence-corrected chi connectivity index (χ4v) is 2.40. The van der Waals surface area contributed by atoms with Crippen LogP contribution in [0.25, 0.3) is 0 Å². The highest BCUT2D eigenvalue weighted by Gasteiger charge is 2.33. The van der Waals surface area contributed by atoms with E-state index in [4.69, 9.17) is 5.73 Å². The van der Waals surface area contributed by atoms with Crippen LogP contribution in [-0.2, 0) is 9.59 Å². The van der Waals surface area contributed by atoms with Gasteiger partial charge in [-0.2, -0.15) is 0 Å². The second kappa shape index (κ2) is 7.27. The summed E-state index contributed by atoms with van der Waals surface area (Å²) in [6.45, 7) is 5.33. The largest absolute Gasteiger partial charge is 0.353 e. The molecule has 0 bridgehead atoms. The van der Waals surface area contributed by atoms with Crippen molar-refractivity contribution >= 4 is 24.2 Å². The van der Waals surface area contributed by atoms with Gasteiger partial charge in [-0.25, -0.2) is 0 Å². The van der Waals surface area contributed by atoms with Gasteiger partial charge >= 0.3 is 0 Å². The summed E-state index contributed by atoms with van der Waals surface area (Å²) in [4.78, 5) is 25.6. The first-order valence-electron chi connectivity index (χ1n) is 7.33. The molecule has 0 radical (unpaired) electrons. The molecule has 1 aliphatic carbocycles. The molecule has 116 valence electrons. The summed E-state index contributed by atoms with van der Waals surface area (Å²) < 4.78 is 0. The molecule has 2 fully saturated rings. The number of rotatable bonds is 4. The molecule has 0 aromatic carbocycles. The average molecular weight is 304 g/mol. The van der Waals surface area contributed by atoms with E-state index in [1.165, 1.54) is 0 Å². The lowest BCUT2D eigenvalue weighted by Gasteiger charge is -2.34. The number of amides is 2. The molecular weight excluding hydrogens is 278 g/mol. The molecular formula is C14H26ClN3O2. The van der Waals surface area contributed by atoms with E-state index in [0.717, 1.165) is 25.7 Å². The van der Waals surface area contributed by atoms with Crippen LogP contribution in [0.3, 0.4) is 0 Å². The monoisotopic (exact) mass is 303 g/mol. The van der Waals surface area contributed by atoms with Gasteiger partial charge in [0.05, 0.1) is 6.04 Å². The molecule has 2 rings (SSSR count). The molecule has 6 heteroatoms. The molecule has 2 amide bonds.